The van der Waals surface area contributed by atoms with Crippen LogP contribution in [0.3, 0.4) is 0 Å². The number of nitrogens with one attached hydrogen (secondary N) is 1. The Morgan fingerprint density at radius 3 is 3.24 bits per heavy atom. The van der Waals surface area contributed by atoms with Crippen LogP contribution in [0.25, 0.3) is 11.2 Å². The predicted molar refractivity (Wildman–Crippen MR) is 70.5 cm³/mol. The molecule has 3 rings (SSSR count). The highest BCUT2D eigenvalue weighted by atomic mass is 32.1. The lowest BCUT2D eigenvalue weighted by atomic mass is 10.1. The summed E-state index contributed by atoms with van der Waals surface area (Å²) >= 11 is 5.37. The second kappa shape index (κ2) is 4.23. The average Bonchev–Trinajstić information content (AvgIpc) is 2.85. The van der Waals surface area contributed by atoms with E-state index in [9.17, 15) is 0 Å². The molecule has 1 saturated heterocycles. The van der Waals surface area contributed by atoms with Crippen molar-refractivity contribution >= 4 is 23.4 Å². The van der Waals surface area contributed by atoms with Gasteiger partial charge in [-0.05, 0) is 50.3 Å². The van der Waals surface area contributed by atoms with Gasteiger partial charge in [-0.2, -0.15) is 0 Å². The summed E-state index contributed by atoms with van der Waals surface area (Å²) in [6, 6.07) is 3.96. The van der Waals surface area contributed by atoms with Crippen molar-refractivity contribution in [2.75, 3.05) is 20.1 Å². The fourth-order valence-electron chi connectivity index (χ4n) is 2.59. The number of fused-ring (bicyclic) bond motifs is 1. The molecule has 2 aromatic heterocycles. The normalized spacial score (nSPS) is 21.4. The first-order valence-corrected chi connectivity index (χ1v) is 6.37. The SMILES string of the molecule is CN1CCC(Cn2c(=S)[nH]c3cccnc32)C1. The Labute approximate surface area is 105 Å². The third kappa shape index (κ3) is 2.00. The van der Waals surface area contributed by atoms with Gasteiger partial charge >= 0.3 is 0 Å². The summed E-state index contributed by atoms with van der Waals surface area (Å²) in [7, 11) is 2.17. The zero-order valence-electron chi connectivity index (χ0n) is 9.89. The van der Waals surface area contributed by atoms with Gasteiger partial charge in [0.2, 0.25) is 0 Å². The minimum atomic E-state index is 0.688. The second-order valence-electron chi connectivity index (χ2n) is 4.83. The van der Waals surface area contributed by atoms with Crippen molar-refractivity contribution in [2.24, 2.45) is 5.92 Å². The van der Waals surface area contributed by atoms with Crippen LogP contribution < -0.4 is 0 Å². The summed E-state index contributed by atoms with van der Waals surface area (Å²) in [4.78, 5) is 10.00. The molecule has 0 aliphatic carbocycles. The van der Waals surface area contributed by atoms with Crippen LogP contribution in [0.1, 0.15) is 6.42 Å². The molecular formula is C12H16N4S. The van der Waals surface area contributed by atoms with E-state index in [2.05, 4.69) is 26.5 Å². The van der Waals surface area contributed by atoms with Gasteiger partial charge in [0.25, 0.3) is 0 Å². The van der Waals surface area contributed by atoms with Gasteiger partial charge in [0.15, 0.2) is 10.4 Å². The van der Waals surface area contributed by atoms with Gasteiger partial charge in [-0.3, -0.25) is 0 Å². The summed E-state index contributed by atoms with van der Waals surface area (Å²) in [5, 5.41) is 0. The maximum absolute atomic E-state index is 5.37. The molecule has 4 nitrogen and oxygen atoms in total. The number of rotatable bonds is 2. The zero-order chi connectivity index (χ0) is 11.8. The van der Waals surface area contributed by atoms with E-state index in [0.29, 0.717) is 5.92 Å². The monoisotopic (exact) mass is 248 g/mol. The summed E-state index contributed by atoms with van der Waals surface area (Å²) in [5.41, 5.74) is 2.01. The molecule has 1 atom stereocenters. The highest BCUT2D eigenvalue weighted by Gasteiger charge is 2.20. The molecule has 1 aliphatic heterocycles. The minimum absolute atomic E-state index is 0.688. The Balaban J connectivity index is 1.94. The number of likely N-dealkylation sites (tertiary alicyclic amines) is 1. The molecule has 17 heavy (non-hydrogen) atoms. The van der Waals surface area contributed by atoms with Crippen molar-refractivity contribution in [1.82, 2.24) is 19.4 Å². The number of aromatic amines is 1. The molecule has 0 amide bonds. The predicted octanol–water partition coefficient (Wildman–Crippen LogP) is 2.05. The molecular weight excluding hydrogens is 232 g/mol. The van der Waals surface area contributed by atoms with Gasteiger partial charge < -0.3 is 14.5 Å². The lowest BCUT2D eigenvalue weighted by molar-refractivity contribution is 0.379. The van der Waals surface area contributed by atoms with E-state index in [1.807, 2.05) is 18.3 Å². The molecule has 0 radical (unpaired) electrons. The Bertz CT molecular complexity index is 585. The molecule has 1 aliphatic rings. The van der Waals surface area contributed by atoms with Gasteiger partial charge in [-0.25, -0.2) is 4.98 Å². The summed E-state index contributed by atoms with van der Waals surface area (Å²) in [6.45, 7) is 3.31. The van der Waals surface area contributed by atoms with Crippen molar-refractivity contribution in [1.29, 1.82) is 0 Å². The third-order valence-electron chi connectivity index (χ3n) is 3.46. The smallest absolute Gasteiger partial charge is 0.179 e. The fraction of sp³-hybridized carbons (Fsp3) is 0.500. The molecule has 5 heteroatoms. The number of hydrogen-bond donors (Lipinski definition) is 1. The minimum Gasteiger partial charge on any atom is -0.329 e. The lowest BCUT2D eigenvalue weighted by Gasteiger charge is -2.11. The van der Waals surface area contributed by atoms with Crippen LogP contribution in [-0.4, -0.2) is 39.6 Å². The first kappa shape index (κ1) is 10.9. The van der Waals surface area contributed by atoms with Crippen LogP contribution in [0.4, 0.5) is 0 Å². The quantitative estimate of drug-likeness (QED) is 0.826. The van der Waals surface area contributed by atoms with Gasteiger partial charge in [0, 0.05) is 19.3 Å². The van der Waals surface area contributed by atoms with Crippen LogP contribution in [0.2, 0.25) is 0 Å². The van der Waals surface area contributed by atoms with Crippen LogP contribution in [0, 0.1) is 10.7 Å². The van der Waals surface area contributed by atoms with Gasteiger partial charge in [0.1, 0.15) is 0 Å². The van der Waals surface area contributed by atoms with Crippen molar-refractivity contribution in [2.45, 2.75) is 13.0 Å². The number of H-pyrrole nitrogens is 1. The van der Waals surface area contributed by atoms with Crippen LogP contribution in [0.15, 0.2) is 18.3 Å². The maximum Gasteiger partial charge on any atom is 0.179 e. The topological polar surface area (TPSA) is 36.9 Å². The highest BCUT2D eigenvalue weighted by molar-refractivity contribution is 7.71. The Morgan fingerprint density at radius 1 is 1.59 bits per heavy atom. The molecule has 2 aromatic rings. The maximum atomic E-state index is 5.37. The molecule has 1 fully saturated rings. The second-order valence-corrected chi connectivity index (χ2v) is 5.22. The Kier molecular flexibility index (Phi) is 2.72. The van der Waals surface area contributed by atoms with Crippen molar-refractivity contribution in [3.05, 3.63) is 23.1 Å². The largest absolute Gasteiger partial charge is 0.329 e. The van der Waals surface area contributed by atoms with E-state index >= 15 is 0 Å². The standard InChI is InChI=1S/C12H16N4S/c1-15-6-4-9(7-15)8-16-11-10(14-12(16)17)3-2-5-13-11/h2-3,5,9H,4,6-8H2,1H3,(H,14,17). The van der Waals surface area contributed by atoms with Crippen LogP contribution in [-0.2, 0) is 6.54 Å². The van der Waals surface area contributed by atoms with Crippen molar-refractivity contribution in [3.8, 4) is 0 Å². The van der Waals surface area contributed by atoms with E-state index in [-0.39, 0.29) is 0 Å². The number of aromatic nitrogens is 3. The first-order valence-electron chi connectivity index (χ1n) is 5.96. The molecule has 3 heterocycles. The summed E-state index contributed by atoms with van der Waals surface area (Å²) in [6.07, 6.45) is 3.07. The number of nitrogens with zero attached hydrogens (tertiary/aromatic N) is 3. The van der Waals surface area contributed by atoms with Crippen molar-refractivity contribution < 1.29 is 0 Å². The number of pyridine rings is 1. The molecule has 1 unspecified atom stereocenters. The zero-order valence-corrected chi connectivity index (χ0v) is 10.7. The molecule has 0 saturated carbocycles. The van der Waals surface area contributed by atoms with E-state index in [0.717, 1.165) is 29.0 Å². The van der Waals surface area contributed by atoms with Gasteiger partial charge in [0.05, 0.1) is 5.52 Å². The average molecular weight is 248 g/mol. The molecule has 1 N–H and O–H groups in total. The fourth-order valence-corrected chi connectivity index (χ4v) is 2.86. The lowest BCUT2D eigenvalue weighted by Crippen LogP contribution is -2.17. The van der Waals surface area contributed by atoms with E-state index < -0.39 is 0 Å². The van der Waals surface area contributed by atoms with E-state index in [1.54, 1.807) is 0 Å². The molecule has 0 spiro atoms. The van der Waals surface area contributed by atoms with Crippen molar-refractivity contribution in [3.63, 3.8) is 0 Å². The third-order valence-corrected chi connectivity index (χ3v) is 3.78. The Morgan fingerprint density at radius 2 is 2.47 bits per heavy atom. The van der Waals surface area contributed by atoms with Gasteiger partial charge in [-0.15, -0.1) is 0 Å². The molecule has 0 bridgehead atoms. The molecule has 90 valence electrons. The van der Waals surface area contributed by atoms with Gasteiger partial charge in [-0.1, -0.05) is 0 Å². The van der Waals surface area contributed by atoms with E-state index in [4.69, 9.17) is 12.2 Å². The van der Waals surface area contributed by atoms with E-state index in [1.165, 1.54) is 13.0 Å². The van der Waals surface area contributed by atoms with Crippen LogP contribution in [0.5, 0.6) is 0 Å². The molecule has 0 aromatic carbocycles. The highest BCUT2D eigenvalue weighted by Crippen LogP contribution is 2.19. The first-order chi connectivity index (χ1) is 8.24. The number of hydrogen-bond acceptors (Lipinski definition) is 3. The number of imidazole rings is 1. The summed E-state index contributed by atoms with van der Waals surface area (Å²) in [5.74, 6) is 0.688. The van der Waals surface area contributed by atoms with Crippen LogP contribution >= 0.6 is 12.2 Å². The summed E-state index contributed by atoms with van der Waals surface area (Å²) < 4.78 is 2.92. The Hall–Kier alpha value is -1.20.